The molecule has 2 rings (SSSR count). The zero-order chi connectivity index (χ0) is 9.10. The van der Waals surface area contributed by atoms with E-state index in [1.54, 1.807) is 0 Å². The largest absolute Gasteiger partial charge is 0.182 e. The van der Waals surface area contributed by atoms with E-state index in [1.807, 2.05) is 30.3 Å². The van der Waals surface area contributed by atoms with Gasteiger partial charge >= 0.3 is 0 Å². The summed E-state index contributed by atoms with van der Waals surface area (Å²) in [6, 6.07) is 9.60. The molecule has 0 radical (unpaired) electrons. The van der Waals surface area contributed by atoms with E-state index in [1.165, 1.54) is 0 Å². The van der Waals surface area contributed by atoms with E-state index >= 15 is 0 Å². The van der Waals surface area contributed by atoms with Crippen LogP contribution in [0.5, 0.6) is 0 Å². The molecule has 1 heterocycles. The maximum absolute atomic E-state index is 12.3. The summed E-state index contributed by atoms with van der Waals surface area (Å²) in [6.45, 7) is 0. The van der Waals surface area contributed by atoms with E-state index in [9.17, 15) is 4.48 Å². The Morgan fingerprint density at radius 1 is 1.23 bits per heavy atom. The quantitative estimate of drug-likeness (QED) is 0.688. The van der Waals surface area contributed by atoms with Gasteiger partial charge in [-0.3, -0.25) is 0 Å². The highest BCUT2D eigenvalue weighted by Gasteiger charge is 2.02. The Hall–Kier alpha value is -1.78. The van der Waals surface area contributed by atoms with E-state index in [2.05, 4.69) is 15.4 Å². The van der Waals surface area contributed by atoms with Crippen LogP contribution in [0.4, 0.5) is 4.48 Å². The van der Waals surface area contributed by atoms with Gasteiger partial charge in [0.15, 0.2) is 5.82 Å². The SMILES string of the molecule is Fn1nnc(Cc2ccccc2)n1. The second-order valence-electron chi connectivity index (χ2n) is 2.61. The maximum atomic E-state index is 12.3. The number of nitrogens with zero attached hydrogens (tertiary/aromatic N) is 4. The summed E-state index contributed by atoms with van der Waals surface area (Å²) in [7, 11) is 0. The van der Waals surface area contributed by atoms with E-state index < -0.39 is 0 Å². The highest BCUT2D eigenvalue weighted by atomic mass is 19.2. The van der Waals surface area contributed by atoms with E-state index in [-0.39, 0.29) is 5.02 Å². The van der Waals surface area contributed by atoms with Crippen LogP contribution in [0.25, 0.3) is 0 Å². The molecular weight excluding hydrogens is 171 g/mol. The Bertz CT molecular complexity index is 384. The molecule has 0 bridgehead atoms. The minimum absolute atomic E-state index is 0.0295. The van der Waals surface area contributed by atoms with Crippen molar-refractivity contribution in [2.75, 3.05) is 0 Å². The highest BCUT2D eigenvalue weighted by molar-refractivity contribution is 5.17. The Morgan fingerprint density at radius 2 is 2.00 bits per heavy atom. The third-order valence-corrected chi connectivity index (χ3v) is 1.64. The molecule has 0 saturated heterocycles. The second-order valence-corrected chi connectivity index (χ2v) is 2.61. The Kier molecular flexibility index (Phi) is 1.99. The van der Waals surface area contributed by atoms with Crippen molar-refractivity contribution in [1.29, 1.82) is 0 Å². The highest BCUT2D eigenvalue weighted by Crippen LogP contribution is 2.03. The molecule has 4 nitrogen and oxygen atoms in total. The van der Waals surface area contributed by atoms with Crippen LogP contribution >= 0.6 is 0 Å². The Balaban J connectivity index is 2.15. The summed E-state index contributed by atoms with van der Waals surface area (Å²) in [5.41, 5.74) is 1.04. The van der Waals surface area contributed by atoms with Crippen LogP contribution in [0.2, 0.25) is 0 Å². The van der Waals surface area contributed by atoms with E-state index in [4.69, 9.17) is 0 Å². The summed E-state index contributed by atoms with van der Waals surface area (Å²) in [5.74, 6) is 0.383. The molecule has 13 heavy (non-hydrogen) atoms. The molecule has 0 fully saturated rings. The molecule has 0 aliphatic carbocycles. The zero-order valence-corrected chi connectivity index (χ0v) is 6.76. The van der Waals surface area contributed by atoms with Crippen LogP contribution in [-0.4, -0.2) is 20.4 Å². The Morgan fingerprint density at radius 3 is 2.62 bits per heavy atom. The van der Waals surface area contributed by atoms with Crippen LogP contribution < -0.4 is 0 Å². The number of tetrazole rings is 1. The molecule has 0 aliphatic heterocycles. The van der Waals surface area contributed by atoms with Crippen LogP contribution in [0.3, 0.4) is 0 Å². The number of halogens is 1. The van der Waals surface area contributed by atoms with Crippen LogP contribution in [0, 0.1) is 0 Å². The van der Waals surface area contributed by atoms with Crippen LogP contribution in [-0.2, 0) is 6.42 Å². The predicted molar refractivity (Wildman–Crippen MR) is 43.6 cm³/mol. The third kappa shape index (κ3) is 1.87. The molecule has 0 unspecified atom stereocenters. The van der Waals surface area contributed by atoms with Gasteiger partial charge < -0.3 is 0 Å². The lowest BCUT2D eigenvalue weighted by Crippen LogP contribution is -1.91. The molecule has 0 aliphatic rings. The minimum Gasteiger partial charge on any atom is -0.111 e. The first kappa shape index (κ1) is 7.85. The first-order valence-corrected chi connectivity index (χ1v) is 3.83. The Labute approximate surface area is 73.9 Å². The van der Waals surface area contributed by atoms with Crippen molar-refractivity contribution in [1.82, 2.24) is 20.4 Å². The average molecular weight is 178 g/mol. The van der Waals surface area contributed by atoms with Gasteiger partial charge in [-0.05, 0) is 10.8 Å². The smallest absolute Gasteiger partial charge is 0.111 e. The van der Waals surface area contributed by atoms with Gasteiger partial charge in [0.2, 0.25) is 0 Å². The van der Waals surface area contributed by atoms with Gasteiger partial charge in [0.1, 0.15) is 0 Å². The zero-order valence-electron chi connectivity index (χ0n) is 6.76. The summed E-state index contributed by atoms with van der Waals surface area (Å²) < 4.78 is 12.3. The summed E-state index contributed by atoms with van der Waals surface area (Å²) in [5, 5.41) is 10.0. The molecule has 0 N–H and O–H groups in total. The van der Waals surface area contributed by atoms with E-state index in [0.717, 1.165) is 5.56 Å². The summed E-state index contributed by atoms with van der Waals surface area (Å²) in [6.07, 6.45) is 0.505. The molecule has 66 valence electrons. The third-order valence-electron chi connectivity index (χ3n) is 1.64. The minimum atomic E-state index is -0.0295. The first-order chi connectivity index (χ1) is 6.34. The van der Waals surface area contributed by atoms with E-state index in [0.29, 0.717) is 12.2 Å². The van der Waals surface area contributed by atoms with Crippen molar-refractivity contribution in [2.45, 2.75) is 6.42 Å². The molecule has 2 aromatic rings. The molecule has 1 aromatic carbocycles. The van der Waals surface area contributed by atoms with Gasteiger partial charge in [-0.25, -0.2) is 0 Å². The monoisotopic (exact) mass is 178 g/mol. The van der Waals surface area contributed by atoms with Gasteiger partial charge in [-0.2, -0.15) is 0 Å². The van der Waals surface area contributed by atoms with Crippen molar-refractivity contribution in [3.63, 3.8) is 0 Å². The molecular formula is C8H7FN4. The standard InChI is InChI=1S/C8H7FN4/c9-13-11-8(10-12-13)6-7-4-2-1-3-5-7/h1-5H,6H2. The van der Waals surface area contributed by atoms with Crippen molar-refractivity contribution < 1.29 is 4.48 Å². The molecule has 0 saturated carbocycles. The lowest BCUT2D eigenvalue weighted by molar-refractivity contribution is 0.257. The number of aromatic nitrogens is 4. The topological polar surface area (TPSA) is 43.6 Å². The van der Waals surface area contributed by atoms with Crippen molar-refractivity contribution in [3.8, 4) is 0 Å². The van der Waals surface area contributed by atoms with Crippen LogP contribution in [0.15, 0.2) is 30.3 Å². The summed E-state index contributed by atoms with van der Waals surface area (Å²) >= 11 is 0. The van der Waals surface area contributed by atoms with Crippen molar-refractivity contribution >= 4 is 0 Å². The predicted octanol–water partition coefficient (Wildman–Crippen LogP) is 0.996. The van der Waals surface area contributed by atoms with Crippen molar-refractivity contribution in [3.05, 3.63) is 41.7 Å². The molecule has 0 spiro atoms. The van der Waals surface area contributed by atoms with Gasteiger partial charge in [0, 0.05) is 11.4 Å². The van der Waals surface area contributed by atoms with Crippen LogP contribution in [0.1, 0.15) is 11.4 Å². The van der Waals surface area contributed by atoms with Gasteiger partial charge in [0.05, 0.1) is 0 Å². The lowest BCUT2D eigenvalue weighted by atomic mass is 10.1. The average Bonchev–Trinajstić information content (AvgIpc) is 2.53. The number of benzene rings is 1. The number of hydrogen-bond acceptors (Lipinski definition) is 3. The van der Waals surface area contributed by atoms with Crippen molar-refractivity contribution in [2.24, 2.45) is 0 Å². The molecule has 0 amide bonds. The van der Waals surface area contributed by atoms with Gasteiger partial charge in [-0.15, -0.1) is 10.2 Å². The fourth-order valence-electron chi connectivity index (χ4n) is 1.07. The number of rotatable bonds is 2. The fourth-order valence-corrected chi connectivity index (χ4v) is 1.07. The molecule has 0 atom stereocenters. The second kappa shape index (κ2) is 3.30. The summed E-state index contributed by atoms with van der Waals surface area (Å²) in [4.78, 5) is 0. The van der Waals surface area contributed by atoms with Gasteiger partial charge in [-0.1, -0.05) is 34.8 Å². The fraction of sp³-hybridized carbons (Fsp3) is 0.125. The lowest BCUT2D eigenvalue weighted by Gasteiger charge is -1.93. The van der Waals surface area contributed by atoms with Gasteiger partial charge in [0.25, 0.3) is 0 Å². The first-order valence-electron chi connectivity index (χ1n) is 3.83. The normalized spacial score (nSPS) is 10.2. The number of hydrogen-bond donors (Lipinski definition) is 0. The maximum Gasteiger partial charge on any atom is 0.182 e. The molecule has 1 aromatic heterocycles. The molecule has 5 heteroatoms.